The summed E-state index contributed by atoms with van der Waals surface area (Å²) in [7, 11) is 0. The SMILES string of the molecule is CCNC(=O)[C@@H]1CCCN1C(=O)[C@H](CCCN=C(N)N)NC(=O)[C@H](CC(C)C)NC(=O)[C@@H](Cc1ccccc1)NC(=O)[C@H](Cc1ccc(O)cc1)NC(=O)[C@H](CO)NC(=O)[C@H](Cc1c[nH]c2ccccc12)NC(=O)[C@H](Cc1cnc[nH]1)NC(=O)[C@@H]1CCC(=O)N1. The fraction of sp³-hybridized carbons (Fsp3) is 0.452. The van der Waals surface area contributed by atoms with Gasteiger partial charge in [0.1, 0.15) is 60.1 Å². The van der Waals surface area contributed by atoms with E-state index in [0.717, 1.165) is 0 Å². The number of aliphatic imine (C=N–C) groups is 1. The number of phenolic OH excluding ortho intramolecular Hbond substituents is 1. The van der Waals surface area contributed by atoms with Crippen molar-refractivity contribution in [3.05, 3.63) is 120 Å². The van der Waals surface area contributed by atoms with Gasteiger partial charge in [-0.1, -0.05) is 74.5 Å². The van der Waals surface area contributed by atoms with Crippen molar-refractivity contribution in [3.63, 3.8) is 0 Å². The van der Waals surface area contributed by atoms with E-state index in [2.05, 4.69) is 67.8 Å². The summed E-state index contributed by atoms with van der Waals surface area (Å²) in [4.78, 5) is 156. The molecule has 0 aliphatic carbocycles. The van der Waals surface area contributed by atoms with E-state index in [-0.39, 0.29) is 100 Å². The number of carbonyl (C=O) groups excluding carboxylic acids is 10. The Bertz CT molecular complexity index is 3320. The van der Waals surface area contributed by atoms with Crippen molar-refractivity contribution in [3.8, 4) is 5.75 Å². The van der Waals surface area contributed by atoms with Gasteiger partial charge in [0.15, 0.2) is 5.96 Å². The minimum absolute atomic E-state index is 0.0742. The number of aromatic nitrogens is 3. The number of likely N-dealkylation sites (tertiary alicyclic amines) is 1. The van der Waals surface area contributed by atoms with Crippen LogP contribution in [0.1, 0.15) is 88.1 Å². The zero-order valence-electron chi connectivity index (χ0n) is 50.6. The highest BCUT2D eigenvalue weighted by Crippen LogP contribution is 2.22. The van der Waals surface area contributed by atoms with Gasteiger partial charge in [0, 0.05) is 80.7 Å². The number of carbonyl (C=O) groups is 10. The molecule has 3 aromatic carbocycles. The lowest BCUT2D eigenvalue weighted by atomic mass is 9.99. The van der Waals surface area contributed by atoms with Crippen molar-refractivity contribution in [2.24, 2.45) is 22.4 Å². The van der Waals surface area contributed by atoms with Gasteiger partial charge in [0.2, 0.25) is 59.1 Å². The van der Waals surface area contributed by atoms with Gasteiger partial charge < -0.3 is 84.4 Å². The number of H-pyrrole nitrogens is 2. The molecule has 5 aromatic rings. The van der Waals surface area contributed by atoms with Gasteiger partial charge in [-0.15, -0.1) is 0 Å². The number of nitrogens with zero attached hydrogens (tertiary/aromatic N) is 3. The van der Waals surface area contributed by atoms with Crippen LogP contribution in [-0.4, -0.2) is 176 Å². The fourth-order valence-electron chi connectivity index (χ4n) is 10.9. The van der Waals surface area contributed by atoms with Crippen molar-refractivity contribution in [2.75, 3.05) is 26.2 Å². The first-order valence-corrected chi connectivity index (χ1v) is 30.2. The van der Waals surface area contributed by atoms with Crippen LogP contribution in [0.2, 0.25) is 0 Å². The van der Waals surface area contributed by atoms with Crippen LogP contribution >= 0.6 is 0 Å². The molecule has 28 heteroatoms. The van der Waals surface area contributed by atoms with E-state index >= 15 is 0 Å². The Balaban J connectivity index is 1.13. The third-order valence-electron chi connectivity index (χ3n) is 15.5. The van der Waals surface area contributed by atoms with Crippen molar-refractivity contribution >= 4 is 75.9 Å². The van der Waals surface area contributed by atoms with Gasteiger partial charge in [-0.3, -0.25) is 52.9 Å². The molecule has 9 atom stereocenters. The maximum atomic E-state index is 14.9. The van der Waals surface area contributed by atoms with Crippen molar-refractivity contribution in [2.45, 2.75) is 146 Å². The molecule has 4 heterocycles. The quantitative estimate of drug-likeness (QED) is 0.0136. The number of phenols is 1. The number of guanidine groups is 1. The number of benzene rings is 3. The van der Waals surface area contributed by atoms with Crippen LogP contribution in [0.4, 0.5) is 0 Å². The molecule has 0 unspecified atom stereocenters. The normalized spacial score (nSPS) is 16.9. The van der Waals surface area contributed by atoms with E-state index in [4.69, 9.17) is 11.5 Å². The Labute approximate surface area is 520 Å². The zero-order valence-corrected chi connectivity index (χ0v) is 50.6. The minimum Gasteiger partial charge on any atom is -0.508 e. The van der Waals surface area contributed by atoms with Gasteiger partial charge in [0.25, 0.3) is 0 Å². The lowest BCUT2D eigenvalue weighted by molar-refractivity contribution is -0.142. The fourth-order valence-corrected chi connectivity index (χ4v) is 10.9. The van der Waals surface area contributed by atoms with E-state index < -0.39 is 108 Å². The Morgan fingerprint density at radius 2 is 1.26 bits per heavy atom. The van der Waals surface area contributed by atoms with E-state index in [1.807, 2.05) is 19.9 Å². The van der Waals surface area contributed by atoms with Crippen LogP contribution in [0.25, 0.3) is 10.9 Å². The second-order valence-electron chi connectivity index (χ2n) is 22.8. The topological polar surface area (TPSA) is 432 Å². The number of aromatic hydroxyl groups is 1. The van der Waals surface area contributed by atoms with Gasteiger partial charge in [0.05, 0.1) is 12.9 Å². The summed E-state index contributed by atoms with van der Waals surface area (Å²) in [5.41, 5.74) is 13.9. The number of aromatic amines is 2. The van der Waals surface area contributed by atoms with Gasteiger partial charge >= 0.3 is 0 Å². The number of nitrogens with one attached hydrogen (secondary N) is 11. The summed E-state index contributed by atoms with van der Waals surface area (Å²) in [5.74, 6) is -7.51. The minimum atomic E-state index is -1.77. The summed E-state index contributed by atoms with van der Waals surface area (Å²) in [5, 5.41) is 46.1. The van der Waals surface area contributed by atoms with Crippen LogP contribution in [0.15, 0.2) is 103 Å². The molecule has 90 heavy (non-hydrogen) atoms. The first kappa shape index (κ1) is 67.6. The zero-order chi connectivity index (χ0) is 64.9. The number of likely N-dealkylation sites (N-methyl/N-ethyl adjacent to an activating group) is 1. The molecule has 7 rings (SSSR count). The molecule has 0 saturated carbocycles. The Hall–Kier alpha value is -9.86. The largest absolute Gasteiger partial charge is 0.508 e. The number of rotatable bonds is 32. The van der Waals surface area contributed by atoms with Gasteiger partial charge in [-0.05, 0) is 86.3 Å². The predicted molar refractivity (Wildman–Crippen MR) is 331 cm³/mol. The average Bonchev–Trinajstić information content (AvgIpc) is 1.92. The highest BCUT2D eigenvalue weighted by Gasteiger charge is 2.40. The smallest absolute Gasteiger partial charge is 0.245 e. The van der Waals surface area contributed by atoms with Crippen molar-refractivity contribution in [1.29, 1.82) is 0 Å². The van der Waals surface area contributed by atoms with Crippen LogP contribution in [0.5, 0.6) is 5.75 Å². The third kappa shape index (κ3) is 19.6. The van der Waals surface area contributed by atoms with E-state index in [9.17, 15) is 58.2 Å². The molecule has 2 saturated heterocycles. The van der Waals surface area contributed by atoms with Crippen LogP contribution in [0, 0.1) is 5.92 Å². The number of amides is 10. The Morgan fingerprint density at radius 3 is 1.86 bits per heavy atom. The number of nitrogens with two attached hydrogens (primary N) is 2. The monoisotopic (exact) mass is 1240 g/mol. The number of aliphatic hydroxyl groups is 1. The molecular formula is C62H82N16O12. The highest BCUT2D eigenvalue weighted by molar-refractivity contribution is 5.99. The second kappa shape index (κ2) is 32.9. The molecule has 17 N–H and O–H groups in total. The first-order chi connectivity index (χ1) is 43.2. The molecule has 28 nitrogen and oxygen atoms in total. The third-order valence-corrected chi connectivity index (χ3v) is 15.5. The standard InChI is InChI=1S/C62H82N16O12/c1-4-66-60(89)51-17-11-25-78(51)61(90)44(16-10-24-67-62(63)64)71-54(83)45(26-35(2)3)72-55(84)46(27-36-12-6-5-7-13-36)73-56(85)47(28-37-18-20-40(80)21-19-37)74-59(88)50(33-79)77-57(86)48(29-38-31-68-42-15-9-8-14-41(38)42)75-58(87)49(30-39-32-65-34-69-39)76-53(82)43-22-23-52(81)70-43/h5-9,12-15,18-21,31-32,34-35,43-51,68,79-80H,4,10-11,16-17,22-30,33H2,1-3H3,(H,65,69)(H,66,89)(H,70,81)(H,71,83)(H,72,84)(H,73,85)(H,74,88)(H,75,87)(H,76,82)(H,77,86)(H4,63,64,67)/t43-,44-,45-,46+,47-,48-,49-,50-,51-/m0/s1. The molecule has 482 valence electrons. The summed E-state index contributed by atoms with van der Waals surface area (Å²) in [6, 6.07) is 9.96. The lowest BCUT2D eigenvalue weighted by Crippen LogP contribution is -2.61. The summed E-state index contributed by atoms with van der Waals surface area (Å²) in [6.07, 6.45) is 5.52. The van der Waals surface area contributed by atoms with Crippen LogP contribution < -0.4 is 59.3 Å². The summed E-state index contributed by atoms with van der Waals surface area (Å²) < 4.78 is 0. The molecule has 2 aromatic heterocycles. The van der Waals surface area contributed by atoms with Gasteiger partial charge in [-0.2, -0.15) is 0 Å². The molecule has 0 spiro atoms. The predicted octanol–water partition coefficient (Wildman–Crippen LogP) is -1.24. The highest BCUT2D eigenvalue weighted by atomic mass is 16.3. The molecule has 10 amide bonds. The van der Waals surface area contributed by atoms with Crippen LogP contribution in [-0.2, 0) is 73.6 Å². The van der Waals surface area contributed by atoms with E-state index in [1.165, 1.54) is 41.7 Å². The maximum absolute atomic E-state index is 14.9. The number of fused-ring (bicyclic) bond motifs is 1. The maximum Gasteiger partial charge on any atom is 0.245 e. The first-order valence-electron chi connectivity index (χ1n) is 30.2. The molecule has 2 aliphatic rings. The Morgan fingerprint density at radius 1 is 0.678 bits per heavy atom. The lowest BCUT2D eigenvalue weighted by Gasteiger charge is -2.30. The molecule has 2 fully saturated rings. The number of aliphatic hydroxyl groups excluding tert-OH is 1. The number of hydrogen-bond acceptors (Lipinski definition) is 14. The average molecular weight is 1240 g/mol. The van der Waals surface area contributed by atoms with Gasteiger partial charge in [-0.25, -0.2) is 4.98 Å². The number of para-hydroxylation sites is 1. The molecule has 2 aliphatic heterocycles. The second-order valence-corrected chi connectivity index (χ2v) is 22.8. The summed E-state index contributed by atoms with van der Waals surface area (Å²) in [6.45, 7) is 5.16. The van der Waals surface area contributed by atoms with E-state index in [0.29, 0.717) is 52.7 Å². The molecular weight excluding hydrogens is 1160 g/mol. The number of imidazole rings is 1. The molecule has 0 bridgehead atoms. The molecule has 0 radical (unpaired) electrons. The van der Waals surface area contributed by atoms with Crippen molar-refractivity contribution in [1.82, 2.24) is 67.7 Å². The Kier molecular flexibility index (Phi) is 24.7. The van der Waals surface area contributed by atoms with Crippen molar-refractivity contribution < 1.29 is 58.2 Å². The van der Waals surface area contributed by atoms with Crippen LogP contribution in [0.3, 0.4) is 0 Å². The summed E-state index contributed by atoms with van der Waals surface area (Å²) >= 11 is 0. The number of hydrogen-bond donors (Lipinski definition) is 15. The van der Waals surface area contributed by atoms with E-state index in [1.54, 1.807) is 61.7 Å².